The highest BCUT2D eigenvalue weighted by atomic mass is 16.5. The third-order valence-electron chi connectivity index (χ3n) is 6.22. The minimum Gasteiger partial charge on any atom is -0.493 e. The third-order valence-corrected chi connectivity index (χ3v) is 6.22. The predicted molar refractivity (Wildman–Crippen MR) is 104 cm³/mol. The van der Waals surface area contributed by atoms with Gasteiger partial charge in [0, 0.05) is 26.2 Å². The minimum absolute atomic E-state index is 0.00862. The number of para-hydroxylation sites is 1. The fourth-order valence-electron chi connectivity index (χ4n) is 4.51. The van der Waals surface area contributed by atoms with Gasteiger partial charge < -0.3 is 14.5 Å². The van der Waals surface area contributed by atoms with Crippen LogP contribution in [-0.4, -0.2) is 54.4 Å². The first-order chi connectivity index (χ1) is 13.1. The van der Waals surface area contributed by atoms with Crippen LogP contribution in [-0.2, 0) is 4.79 Å². The van der Waals surface area contributed by atoms with Crippen molar-refractivity contribution in [3.8, 4) is 5.75 Å². The topological polar surface area (TPSA) is 49.9 Å². The van der Waals surface area contributed by atoms with Gasteiger partial charge in [0.05, 0.1) is 17.6 Å². The van der Waals surface area contributed by atoms with Crippen molar-refractivity contribution in [1.29, 1.82) is 0 Å². The number of amides is 2. The smallest absolute Gasteiger partial charge is 0.257 e. The van der Waals surface area contributed by atoms with Crippen LogP contribution in [0.15, 0.2) is 24.3 Å². The molecule has 5 nitrogen and oxygen atoms in total. The molecule has 1 aromatic rings. The lowest BCUT2D eigenvalue weighted by molar-refractivity contribution is -0.145. The molecule has 1 spiro atoms. The van der Waals surface area contributed by atoms with E-state index in [0.717, 1.165) is 38.8 Å². The first-order valence-electron chi connectivity index (χ1n) is 10.4. The van der Waals surface area contributed by atoms with Crippen molar-refractivity contribution in [2.75, 3.05) is 32.8 Å². The van der Waals surface area contributed by atoms with E-state index in [1.54, 1.807) is 0 Å². The van der Waals surface area contributed by atoms with Crippen molar-refractivity contribution in [2.45, 2.75) is 45.4 Å². The summed E-state index contributed by atoms with van der Waals surface area (Å²) in [5, 5.41) is 0. The van der Waals surface area contributed by atoms with Crippen LogP contribution >= 0.6 is 0 Å². The van der Waals surface area contributed by atoms with E-state index in [1.807, 2.05) is 29.2 Å². The molecule has 1 aliphatic carbocycles. The van der Waals surface area contributed by atoms with E-state index < -0.39 is 0 Å². The molecule has 4 rings (SSSR count). The number of hydrogen-bond acceptors (Lipinski definition) is 3. The lowest BCUT2D eigenvalue weighted by Gasteiger charge is -2.39. The number of likely N-dealkylation sites (tertiary alicyclic amines) is 2. The summed E-state index contributed by atoms with van der Waals surface area (Å²) >= 11 is 0. The van der Waals surface area contributed by atoms with Crippen LogP contribution in [0.1, 0.15) is 55.8 Å². The SMILES string of the molecule is CCCOc1ccccc1C(=O)N1CCC2(CCCN(CC3CC3)C2=O)C1. The highest BCUT2D eigenvalue weighted by molar-refractivity contribution is 5.98. The lowest BCUT2D eigenvalue weighted by Crippen LogP contribution is -2.50. The van der Waals surface area contributed by atoms with Gasteiger partial charge in [-0.1, -0.05) is 19.1 Å². The molecule has 5 heteroatoms. The molecule has 0 aromatic heterocycles. The zero-order chi connectivity index (χ0) is 18.9. The van der Waals surface area contributed by atoms with Crippen molar-refractivity contribution in [3.63, 3.8) is 0 Å². The minimum atomic E-state index is -0.359. The zero-order valence-corrected chi connectivity index (χ0v) is 16.3. The normalized spacial score (nSPS) is 25.3. The molecule has 3 aliphatic rings. The van der Waals surface area contributed by atoms with Crippen molar-refractivity contribution in [3.05, 3.63) is 29.8 Å². The van der Waals surface area contributed by atoms with Crippen LogP contribution in [0, 0.1) is 11.3 Å². The first-order valence-corrected chi connectivity index (χ1v) is 10.4. The Kier molecular flexibility index (Phi) is 5.11. The number of benzene rings is 1. The quantitative estimate of drug-likeness (QED) is 0.772. The summed E-state index contributed by atoms with van der Waals surface area (Å²) < 4.78 is 5.77. The fourth-order valence-corrected chi connectivity index (χ4v) is 4.51. The Balaban J connectivity index is 1.47. The van der Waals surface area contributed by atoms with Crippen LogP contribution in [0.2, 0.25) is 0 Å². The van der Waals surface area contributed by atoms with Crippen LogP contribution in [0.4, 0.5) is 0 Å². The van der Waals surface area contributed by atoms with Gasteiger partial charge in [-0.2, -0.15) is 0 Å². The Morgan fingerprint density at radius 1 is 1.22 bits per heavy atom. The summed E-state index contributed by atoms with van der Waals surface area (Å²) in [7, 11) is 0. The van der Waals surface area contributed by atoms with Gasteiger partial charge in [0.1, 0.15) is 5.75 Å². The Hall–Kier alpha value is -2.04. The highest BCUT2D eigenvalue weighted by Crippen LogP contribution is 2.42. The molecular weight excluding hydrogens is 340 g/mol. The van der Waals surface area contributed by atoms with E-state index in [0.29, 0.717) is 36.9 Å². The average Bonchev–Trinajstić information content (AvgIpc) is 3.41. The van der Waals surface area contributed by atoms with E-state index in [9.17, 15) is 9.59 Å². The molecule has 2 aliphatic heterocycles. The second-order valence-corrected chi connectivity index (χ2v) is 8.40. The van der Waals surface area contributed by atoms with E-state index in [-0.39, 0.29) is 17.2 Å². The highest BCUT2D eigenvalue weighted by Gasteiger charge is 2.50. The van der Waals surface area contributed by atoms with Crippen LogP contribution in [0.5, 0.6) is 5.75 Å². The van der Waals surface area contributed by atoms with E-state index in [4.69, 9.17) is 4.74 Å². The van der Waals surface area contributed by atoms with Gasteiger partial charge in [-0.15, -0.1) is 0 Å². The first kappa shape index (κ1) is 18.3. The van der Waals surface area contributed by atoms with Crippen molar-refractivity contribution >= 4 is 11.8 Å². The largest absolute Gasteiger partial charge is 0.493 e. The zero-order valence-electron chi connectivity index (χ0n) is 16.3. The molecule has 0 radical (unpaired) electrons. The molecule has 2 saturated heterocycles. The number of nitrogens with zero attached hydrogens (tertiary/aromatic N) is 2. The molecule has 0 N–H and O–H groups in total. The van der Waals surface area contributed by atoms with Crippen molar-refractivity contribution in [1.82, 2.24) is 9.80 Å². The summed E-state index contributed by atoms with van der Waals surface area (Å²) in [6.45, 7) is 5.67. The molecule has 0 bridgehead atoms. The van der Waals surface area contributed by atoms with Gasteiger partial charge in [-0.3, -0.25) is 9.59 Å². The molecule has 1 unspecified atom stereocenters. The molecular formula is C22H30N2O3. The average molecular weight is 370 g/mol. The summed E-state index contributed by atoms with van der Waals surface area (Å²) in [6, 6.07) is 7.47. The van der Waals surface area contributed by atoms with E-state index >= 15 is 0 Å². The Labute approximate surface area is 161 Å². The van der Waals surface area contributed by atoms with Gasteiger partial charge in [-0.25, -0.2) is 0 Å². The molecule has 146 valence electrons. The van der Waals surface area contributed by atoms with Gasteiger partial charge in [0.2, 0.25) is 5.91 Å². The number of rotatable bonds is 6. The van der Waals surface area contributed by atoms with Gasteiger partial charge in [-0.05, 0) is 56.6 Å². The van der Waals surface area contributed by atoms with Crippen LogP contribution in [0.3, 0.4) is 0 Å². The predicted octanol–water partition coefficient (Wildman–Crippen LogP) is 3.34. The van der Waals surface area contributed by atoms with Gasteiger partial charge >= 0.3 is 0 Å². The maximum Gasteiger partial charge on any atom is 0.257 e. The maximum absolute atomic E-state index is 13.2. The number of carbonyl (C=O) groups excluding carboxylic acids is 2. The standard InChI is InChI=1S/C22H30N2O3/c1-2-14-27-19-7-4-3-6-18(19)20(25)24-13-11-22(16-24)10-5-12-23(21(22)26)15-17-8-9-17/h3-4,6-7,17H,2,5,8-16H2,1H3. The monoisotopic (exact) mass is 370 g/mol. The molecule has 2 heterocycles. The molecule has 1 atom stereocenters. The molecule has 1 aromatic carbocycles. The van der Waals surface area contributed by atoms with Gasteiger partial charge in [0.15, 0.2) is 0 Å². The Bertz CT molecular complexity index is 715. The molecule has 2 amide bonds. The van der Waals surface area contributed by atoms with Crippen molar-refractivity contribution < 1.29 is 14.3 Å². The van der Waals surface area contributed by atoms with Gasteiger partial charge in [0.25, 0.3) is 5.91 Å². The number of piperidine rings is 1. The second kappa shape index (κ2) is 7.53. The third kappa shape index (κ3) is 3.69. The lowest BCUT2D eigenvalue weighted by atomic mass is 9.78. The number of hydrogen-bond donors (Lipinski definition) is 0. The summed E-state index contributed by atoms with van der Waals surface area (Å²) in [6.07, 6.45) is 6.17. The molecule has 1 saturated carbocycles. The van der Waals surface area contributed by atoms with E-state index in [1.165, 1.54) is 12.8 Å². The summed E-state index contributed by atoms with van der Waals surface area (Å²) in [5.74, 6) is 1.64. The summed E-state index contributed by atoms with van der Waals surface area (Å²) in [5.41, 5.74) is 0.253. The Morgan fingerprint density at radius 2 is 2.04 bits per heavy atom. The number of carbonyl (C=O) groups is 2. The Morgan fingerprint density at radius 3 is 2.81 bits per heavy atom. The van der Waals surface area contributed by atoms with E-state index in [2.05, 4.69) is 11.8 Å². The van der Waals surface area contributed by atoms with Crippen LogP contribution in [0.25, 0.3) is 0 Å². The van der Waals surface area contributed by atoms with Crippen LogP contribution < -0.4 is 4.74 Å². The van der Waals surface area contributed by atoms with Crippen molar-refractivity contribution in [2.24, 2.45) is 11.3 Å². The second-order valence-electron chi connectivity index (χ2n) is 8.40. The number of ether oxygens (including phenoxy) is 1. The molecule has 3 fully saturated rings. The molecule has 27 heavy (non-hydrogen) atoms. The fraction of sp³-hybridized carbons (Fsp3) is 0.636. The maximum atomic E-state index is 13.2. The summed E-state index contributed by atoms with van der Waals surface area (Å²) in [4.78, 5) is 30.3.